The molecule has 0 spiro atoms. The van der Waals surface area contributed by atoms with Crippen LogP contribution in [-0.2, 0) is 16.5 Å². The molecule has 3 aromatic rings. The minimum absolute atomic E-state index is 0.120. The molecule has 0 unspecified atom stereocenters. The summed E-state index contributed by atoms with van der Waals surface area (Å²) >= 11 is 0. The molecule has 0 aromatic heterocycles. The van der Waals surface area contributed by atoms with Gasteiger partial charge in [-0.25, -0.2) is 0 Å². The Hall–Kier alpha value is -2.03. The van der Waals surface area contributed by atoms with Crippen molar-refractivity contribution < 1.29 is 5.11 Å². The Morgan fingerprint density at radius 3 is 1.52 bits per heavy atom. The van der Waals surface area contributed by atoms with E-state index in [1.54, 1.807) is 0 Å². The molecule has 25 heavy (non-hydrogen) atoms. The van der Waals surface area contributed by atoms with Gasteiger partial charge in [0.05, 0.1) is 16.5 Å². The molecule has 2 heteroatoms. The van der Waals surface area contributed by atoms with Crippen LogP contribution >= 0.6 is 0 Å². The molecule has 126 valence electrons. The first-order valence-corrected chi connectivity index (χ1v) is 10.2. The Morgan fingerprint density at radius 2 is 1.04 bits per heavy atom. The molecule has 0 aliphatic heterocycles. The Kier molecular flexibility index (Phi) is 4.65. The molecule has 0 atom stereocenters. The maximum atomic E-state index is 10.8. The van der Waals surface area contributed by atoms with Crippen molar-refractivity contribution in [1.29, 1.82) is 0 Å². The zero-order valence-electron chi connectivity index (χ0n) is 14.3. The van der Waals surface area contributed by atoms with E-state index in [0.29, 0.717) is 0 Å². The lowest BCUT2D eigenvalue weighted by molar-refractivity contribution is 0.0444. The second-order valence-electron chi connectivity index (χ2n) is 6.70. The van der Waals surface area contributed by atoms with Gasteiger partial charge >= 0.3 is 0 Å². The van der Waals surface area contributed by atoms with Crippen molar-refractivity contribution in [2.45, 2.75) is 46.0 Å². The third kappa shape index (κ3) is 3.37. The van der Waals surface area contributed by atoms with E-state index in [1.165, 1.54) is 14.7 Å². The molecular formula is C23H23OS+. The molecule has 1 aliphatic rings. The predicted molar refractivity (Wildman–Crippen MR) is 104 cm³/mol. The fourth-order valence-corrected chi connectivity index (χ4v) is 5.75. The van der Waals surface area contributed by atoms with Crippen LogP contribution in [0.2, 0.25) is 0 Å². The van der Waals surface area contributed by atoms with E-state index < -0.39 is 5.60 Å². The summed E-state index contributed by atoms with van der Waals surface area (Å²) in [4.78, 5) is 3.94. The number of hydrogen-bond acceptors (Lipinski definition) is 1. The van der Waals surface area contributed by atoms with Gasteiger partial charge in [0.15, 0.2) is 14.7 Å². The molecule has 0 heterocycles. The summed E-state index contributed by atoms with van der Waals surface area (Å²) in [6.45, 7) is 0. The molecule has 1 saturated carbocycles. The first kappa shape index (κ1) is 16.4. The second kappa shape index (κ2) is 7.07. The highest BCUT2D eigenvalue weighted by molar-refractivity contribution is 7.97. The van der Waals surface area contributed by atoms with Crippen LogP contribution in [0.1, 0.15) is 31.2 Å². The van der Waals surface area contributed by atoms with Gasteiger partial charge in [0.25, 0.3) is 0 Å². The highest BCUT2D eigenvalue weighted by Crippen LogP contribution is 2.39. The van der Waals surface area contributed by atoms with E-state index in [-0.39, 0.29) is 10.9 Å². The summed E-state index contributed by atoms with van der Waals surface area (Å²) < 4.78 is 0. The van der Waals surface area contributed by atoms with E-state index in [4.69, 9.17) is 0 Å². The first-order chi connectivity index (χ1) is 12.3. The quantitative estimate of drug-likeness (QED) is 0.614. The van der Waals surface area contributed by atoms with Crippen LogP contribution in [0.25, 0.3) is 0 Å². The smallest absolute Gasteiger partial charge is 0.166 e. The minimum Gasteiger partial charge on any atom is -0.385 e. The molecule has 0 saturated heterocycles. The van der Waals surface area contributed by atoms with Gasteiger partial charge in [-0.2, -0.15) is 0 Å². The van der Waals surface area contributed by atoms with Crippen molar-refractivity contribution in [2.75, 3.05) is 0 Å². The lowest BCUT2D eigenvalue weighted by Crippen LogP contribution is -2.20. The molecule has 1 aliphatic carbocycles. The van der Waals surface area contributed by atoms with E-state index in [1.807, 2.05) is 0 Å². The van der Waals surface area contributed by atoms with Crippen molar-refractivity contribution in [1.82, 2.24) is 0 Å². The van der Waals surface area contributed by atoms with Gasteiger partial charge in [-0.3, -0.25) is 0 Å². The normalized spacial score (nSPS) is 16.2. The average Bonchev–Trinajstić information content (AvgIpc) is 3.12. The van der Waals surface area contributed by atoms with Gasteiger partial charge in [-0.05, 0) is 54.8 Å². The van der Waals surface area contributed by atoms with E-state index in [2.05, 4.69) is 84.9 Å². The maximum absolute atomic E-state index is 10.8. The highest BCUT2D eigenvalue weighted by atomic mass is 32.2. The largest absolute Gasteiger partial charge is 0.385 e. The Labute approximate surface area is 152 Å². The zero-order valence-corrected chi connectivity index (χ0v) is 15.1. The molecule has 1 fully saturated rings. The lowest BCUT2D eigenvalue weighted by atomic mass is 9.92. The van der Waals surface area contributed by atoms with Crippen LogP contribution in [0, 0.1) is 0 Å². The molecule has 1 nitrogen and oxygen atoms in total. The summed E-state index contributed by atoms with van der Waals surface area (Å²) in [5, 5.41) is 10.8. The molecule has 3 aromatic carbocycles. The SMILES string of the molecule is OC1(c2ccc([S+](c3ccccc3)c3ccccc3)cc2)CCCC1. The summed E-state index contributed by atoms with van der Waals surface area (Å²) in [7, 11) is -0.120. The summed E-state index contributed by atoms with van der Waals surface area (Å²) in [6.07, 6.45) is 4.01. The van der Waals surface area contributed by atoms with Gasteiger partial charge < -0.3 is 5.11 Å². The third-order valence-corrected chi connectivity index (χ3v) is 7.25. The standard InChI is InChI=1S/C23H23OS/c24-23(17-7-8-18-23)19-13-15-22(16-14-19)25(20-9-3-1-4-10-20)21-11-5-2-6-12-21/h1-6,9-16,24H,7-8,17-18H2/q+1. The fraction of sp³-hybridized carbons (Fsp3) is 0.217. The molecule has 4 rings (SSSR count). The van der Waals surface area contributed by atoms with E-state index in [9.17, 15) is 5.11 Å². The van der Waals surface area contributed by atoms with Gasteiger partial charge in [-0.15, -0.1) is 0 Å². The third-order valence-electron chi connectivity index (χ3n) is 5.02. The summed E-state index contributed by atoms with van der Waals surface area (Å²) in [5.41, 5.74) is 0.454. The Balaban J connectivity index is 1.73. The van der Waals surface area contributed by atoms with E-state index in [0.717, 1.165) is 31.2 Å². The van der Waals surface area contributed by atoms with Crippen molar-refractivity contribution in [3.63, 3.8) is 0 Å². The van der Waals surface area contributed by atoms with Gasteiger partial charge in [-0.1, -0.05) is 61.4 Å². The van der Waals surface area contributed by atoms with Gasteiger partial charge in [0, 0.05) is 0 Å². The van der Waals surface area contributed by atoms with Crippen LogP contribution in [-0.4, -0.2) is 5.11 Å². The maximum Gasteiger partial charge on any atom is 0.166 e. The van der Waals surface area contributed by atoms with Gasteiger partial charge in [0.1, 0.15) is 0 Å². The molecule has 0 amide bonds. The second-order valence-corrected chi connectivity index (χ2v) is 8.72. The summed E-state index contributed by atoms with van der Waals surface area (Å²) in [6, 6.07) is 30.0. The van der Waals surface area contributed by atoms with Crippen LogP contribution in [0.4, 0.5) is 0 Å². The molecular weight excluding hydrogens is 324 g/mol. The average molecular weight is 348 g/mol. The number of rotatable bonds is 4. The number of hydrogen-bond donors (Lipinski definition) is 1. The number of aliphatic hydroxyl groups is 1. The van der Waals surface area contributed by atoms with Crippen LogP contribution in [0.3, 0.4) is 0 Å². The zero-order chi connectivity index (χ0) is 17.1. The minimum atomic E-state index is -0.614. The first-order valence-electron chi connectivity index (χ1n) is 8.94. The van der Waals surface area contributed by atoms with Crippen molar-refractivity contribution >= 4 is 10.9 Å². The summed E-state index contributed by atoms with van der Waals surface area (Å²) in [5.74, 6) is 0. The lowest BCUT2D eigenvalue weighted by Gasteiger charge is -2.22. The molecule has 1 N–H and O–H groups in total. The Morgan fingerprint density at radius 1 is 0.600 bits per heavy atom. The van der Waals surface area contributed by atoms with Gasteiger partial charge in [0.2, 0.25) is 0 Å². The fourth-order valence-electron chi connectivity index (χ4n) is 3.67. The molecule has 0 radical (unpaired) electrons. The van der Waals surface area contributed by atoms with E-state index >= 15 is 0 Å². The van der Waals surface area contributed by atoms with Crippen LogP contribution in [0.15, 0.2) is 99.6 Å². The van der Waals surface area contributed by atoms with Crippen LogP contribution in [0.5, 0.6) is 0 Å². The van der Waals surface area contributed by atoms with Crippen molar-refractivity contribution in [3.05, 3.63) is 90.5 Å². The van der Waals surface area contributed by atoms with Crippen molar-refractivity contribution in [3.8, 4) is 0 Å². The number of benzene rings is 3. The molecule has 0 bridgehead atoms. The predicted octanol–water partition coefficient (Wildman–Crippen LogP) is 5.54. The topological polar surface area (TPSA) is 20.2 Å². The van der Waals surface area contributed by atoms with Crippen LogP contribution < -0.4 is 0 Å². The Bertz CT molecular complexity index is 766. The van der Waals surface area contributed by atoms with Crippen molar-refractivity contribution in [2.24, 2.45) is 0 Å². The monoisotopic (exact) mass is 347 g/mol. The highest BCUT2D eigenvalue weighted by Gasteiger charge is 2.34.